The summed E-state index contributed by atoms with van der Waals surface area (Å²) >= 11 is 1.46. The molecule has 2 aromatic carbocycles. The van der Waals surface area contributed by atoms with Crippen molar-refractivity contribution in [3.05, 3.63) is 63.3 Å². The van der Waals surface area contributed by atoms with Gasteiger partial charge in [-0.25, -0.2) is 9.59 Å². The lowest BCUT2D eigenvalue weighted by atomic mass is 10.1. The van der Waals surface area contributed by atoms with E-state index in [0.29, 0.717) is 54.0 Å². The van der Waals surface area contributed by atoms with Gasteiger partial charge in [0.1, 0.15) is 6.10 Å². The Hall–Kier alpha value is -3.53. The number of anilines is 2. The van der Waals surface area contributed by atoms with E-state index in [9.17, 15) is 19.2 Å². The van der Waals surface area contributed by atoms with Crippen LogP contribution in [0.3, 0.4) is 0 Å². The zero-order chi connectivity index (χ0) is 24.5. The van der Waals surface area contributed by atoms with E-state index in [2.05, 4.69) is 5.32 Å². The molecule has 3 heterocycles. The molecule has 1 saturated heterocycles. The Labute approximate surface area is 205 Å². The summed E-state index contributed by atoms with van der Waals surface area (Å²) in [5.41, 5.74) is 1.40. The van der Waals surface area contributed by atoms with Crippen molar-refractivity contribution in [1.29, 1.82) is 0 Å². The van der Waals surface area contributed by atoms with E-state index in [1.54, 1.807) is 33.7 Å². The van der Waals surface area contributed by atoms with Crippen LogP contribution in [0.1, 0.15) is 26.2 Å². The lowest BCUT2D eigenvalue weighted by Gasteiger charge is -2.20. The van der Waals surface area contributed by atoms with Gasteiger partial charge in [-0.1, -0.05) is 19.1 Å². The molecule has 9 nitrogen and oxygen atoms in total. The number of nitrogens with one attached hydrogen (secondary N) is 1. The van der Waals surface area contributed by atoms with Gasteiger partial charge in [0, 0.05) is 23.7 Å². The molecule has 0 bridgehead atoms. The molecule has 1 aromatic heterocycles. The van der Waals surface area contributed by atoms with Crippen LogP contribution in [-0.4, -0.2) is 39.5 Å². The number of carbonyl (C=O) groups is 2. The first kappa shape index (κ1) is 23.2. The Morgan fingerprint density at radius 3 is 2.71 bits per heavy atom. The summed E-state index contributed by atoms with van der Waals surface area (Å²) in [6, 6.07) is 12.7. The Morgan fingerprint density at radius 2 is 1.89 bits per heavy atom. The van der Waals surface area contributed by atoms with Crippen LogP contribution < -0.4 is 21.5 Å². The van der Waals surface area contributed by atoms with Crippen LogP contribution in [0.2, 0.25) is 0 Å². The number of aryl methyl sites for hydroxylation is 1. The third-order valence-corrected chi connectivity index (χ3v) is 7.34. The van der Waals surface area contributed by atoms with Crippen molar-refractivity contribution in [3.8, 4) is 0 Å². The van der Waals surface area contributed by atoms with Crippen LogP contribution in [0.4, 0.5) is 16.2 Å². The molecule has 1 atom stereocenters. The molecule has 182 valence electrons. The number of ether oxygens (including phenoxy) is 1. The first-order chi connectivity index (χ1) is 17.0. The lowest BCUT2D eigenvalue weighted by Crippen LogP contribution is -2.40. The van der Waals surface area contributed by atoms with Crippen LogP contribution in [0, 0.1) is 0 Å². The third-order valence-electron chi connectivity index (χ3n) is 6.27. The van der Waals surface area contributed by atoms with Gasteiger partial charge in [-0.3, -0.25) is 23.6 Å². The summed E-state index contributed by atoms with van der Waals surface area (Å²) in [5.74, 6) is 0.313. The number of carbonyl (C=O) groups excluding carboxylic acids is 2. The fraction of sp³-hybridized carbons (Fsp3) is 0.360. The summed E-state index contributed by atoms with van der Waals surface area (Å²) in [6.07, 6.45) is 1.02. The first-order valence-electron chi connectivity index (χ1n) is 11.7. The van der Waals surface area contributed by atoms with Crippen molar-refractivity contribution in [2.75, 3.05) is 22.5 Å². The molecule has 1 N–H and O–H groups in total. The number of rotatable bonds is 7. The number of benzene rings is 2. The monoisotopic (exact) mass is 494 g/mol. The number of hydrogen-bond acceptors (Lipinski definition) is 6. The summed E-state index contributed by atoms with van der Waals surface area (Å²) in [6.45, 7) is 3.15. The van der Waals surface area contributed by atoms with Crippen LogP contribution >= 0.6 is 11.8 Å². The summed E-state index contributed by atoms with van der Waals surface area (Å²) in [5, 5.41) is 3.36. The maximum atomic E-state index is 13.1. The molecule has 2 aliphatic rings. The average Bonchev–Trinajstić information content (AvgIpc) is 3.23. The van der Waals surface area contributed by atoms with Crippen molar-refractivity contribution in [2.45, 2.75) is 50.3 Å². The summed E-state index contributed by atoms with van der Waals surface area (Å²) in [7, 11) is 0. The second-order valence-electron chi connectivity index (χ2n) is 8.68. The Kier molecular flexibility index (Phi) is 6.38. The maximum absolute atomic E-state index is 13.1. The van der Waals surface area contributed by atoms with E-state index in [1.165, 1.54) is 16.3 Å². The highest BCUT2D eigenvalue weighted by Crippen LogP contribution is 2.35. The largest absolute Gasteiger partial charge is 0.444 e. The summed E-state index contributed by atoms with van der Waals surface area (Å²) < 4.78 is 8.49. The predicted octanol–water partition coefficient (Wildman–Crippen LogP) is 3.42. The van der Waals surface area contributed by atoms with Crippen LogP contribution in [-0.2, 0) is 22.6 Å². The van der Waals surface area contributed by atoms with E-state index >= 15 is 0 Å². The maximum Gasteiger partial charge on any atom is 0.414 e. The molecule has 5 rings (SSSR count). The van der Waals surface area contributed by atoms with E-state index in [4.69, 9.17) is 4.74 Å². The number of amides is 2. The number of thioether (sulfide) groups is 1. The molecule has 1 unspecified atom stereocenters. The van der Waals surface area contributed by atoms with Crippen molar-refractivity contribution >= 4 is 46.0 Å². The molecule has 35 heavy (non-hydrogen) atoms. The number of aromatic nitrogens is 2. The number of fused-ring (bicyclic) bond motifs is 2. The normalized spacial score (nSPS) is 17.4. The van der Waals surface area contributed by atoms with Crippen molar-refractivity contribution in [3.63, 3.8) is 0 Å². The van der Waals surface area contributed by atoms with Gasteiger partial charge in [-0.15, -0.1) is 11.8 Å². The topological polar surface area (TPSA) is 103 Å². The minimum atomic E-state index is -0.446. The molecule has 0 aliphatic carbocycles. The number of hydrogen-bond donors (Lipinski definition) is 1. The SMILES string of the molecule is CCCn1c(=O)n(CCCC2CN(c3ccc4c(c3)NC(=O)CS4)C(=O)O2)c(=O)c2ccccc21. The second-order valence-corrected chi connectivity index (χ2v) is 9.70. The zero-order valence-corrected chi connectivity index (χ0v) is 20.2. The molecule has 2 amide bonds. The van der Waals surface area contributed by atoms with Crippen molar-refractivity contribution < 1.29 is 14.3 Å². The van der Waals surface area contributed by atoms with Crippen molar-refractivity contribution in [1.82, 2.24) is 9.13 Å². The van der Waals surface area contributed by atoms with Gasteiger partial charge >= 0.3 is 11.8 Å². The molecule has 0 saturated carbocycles. The fourth-order valence-electron chi connectivity index (χ4n) is 4.61. The van der Waals surface area contributed by atoms with Crippen LogP contribution in [0.15, 0.2) is 56.9 Å². The minimum absolute atomic E-state index is 0.0662. The number of para-hydroxylation sites is 1. The van der Waals surface area contributed by atoms with Gasteiger partial charge < -0.3 is 10.1 Å². The average molecular weight is 495 g/mol. The van der Waals surface area contributed by atoms with Gasteiger partial charge in [0.25, 0.3) is 5.56 Å². The highest BCUT2D eigenvalue weighted by molar-refractivity contribution is 8.00. The van der Waals surface area contributed by atoms with Crippen molar-refractivity contribution in [2.24, 2.45) is 0 Å². The molecular formula is C25H26N4O5S. The molecule has 0 spiro atoms. The molecule has 10 heteroatoms. The van der Waals surface area contributed by atoms with Gasteiger partial charge in [0.2, 0.25) is 5.91 Å². The van der Waals surface area contributed by atoms with E-state index in [1.807, 2.05) is 25.1 Å². The quantitative estimate of drug-likeness (QED) is 0.540. The molecule has 0 radical (unpaired) electrons. The Morgan fingerprint density at radius 1 is 1.06 bits per heavy atom. The van der Waals surface area contributed by atoms with Gasteiger partial charge in [-0.05, 0) is 49.6 Å². The molecule has 3 aromatic rings. The Bertz CT molecular complexity index is 1430. The minimum Gasteiger partial charge on any atom is -0.444 e. The van der Waals surface area contributed by atoms with E-state index in [0.717, 1.165) is 11.3 Å². The number of nitrogens with zero attached hydrogens (tertiary/aromatic N) is 3. The van der Waals surface area contributed by atoms with Crippen LogP contribution in [0.5, 0.6) is 0 Å². The van der Waals surface area contributed by atoms with E-state index in [-0.39, 0.29) is 29.8 Å². The predicted molar refractivity (Wildman–Crippen MR) is 135 cm³/mol. The Balaban J connectivity index is 1.28. The van der Waals surface area contributed by atoms with Gasteiger partial charge in [-0.2, -0.15) is 0 Å². The third kappa shape index (κ3) is 4.45. The highest BCUT2D eigenvalue weighted by Gasteiger charge is 2.32. The molecular weight excluding hydrogens is 468 g/mol. The molecule has 2 aliphatic heterocycles. The molecule has 1 fully saturated rings. The van der Waals surface area contributed by atoms with Crippen LogP contribution in [0.25, 0.3) is 10.9 Å². The van der Waals surface area contributed by atoms with E-state index < -0.39 is 6.09 Å². The summed E-state index contributed by atoms with van der Waals surface area (Å²) in [4.78, 5) is 52.8. The second kappa shape index (κ2) is 9.61. The van der Waals surface area contributed by atoms with Gasteiger partial charge in [0.05, 0.1) is 28.9 Å². The van der Waals surface area contributed by atoms with Gasteiger partial charge in [0.15, 0.2) is 0 Å². The first-order valence-corrected chi connectivity index (χ1v) is 12.7. The zero-order valence-electron chi connectivity index (χ0n) is 19.4. The number of cyclic esters (lactones) is 1. The smallest absolute Gasteiger partial charge is 0.414 e. The standard InChI is InChI=1S/C25H26N4O5S/c1-2-11-27-20-8-4-3-7-18(20)23(31)28(24(27)32)12-5-6-17-14-29(25(33)34-17)16-9-10-21-19(13-16)26-22(30)15-35-21/h3-4,7-10,13,17H,2,5-6,11-12,14-15H2,1H3,(H,26,30). The lowest BCUT2D eigenvalue weighted by molar-refractivity contribution is -0.113. The highest BCUT2D eigenvalue weighted by atomic mass is 32.2. The fourth-order valence-corrected chi connectivity index (χ4v) is 5.39.